The number of rotatable bonds is 44. The van der Waals surface area contributed by atoms with Crippen LogP contribution in [-0.4, -0.2) is 37.2 Å². The fourth-order valence-corrected chi connectivity index (χ4v) is 6.71. The third-order valence-electron chi connectivity index (χ3n) is 10.5. The molecule has 1 atom stereocenters. The maximum Gasteiger partial charge on any atom is 0.306 e. The molecular formula is C57H92O6. The Balaban J connectivity index is 4.51. The highest BCUT2D eigenvalue weighted by molar-refractivity contribution is 5.71. The van der Waals surface area contributed by atoms with Gasteiger partial charge >= 0.3 is 17.9 Å². The molecule has 356 valence electrons. The van der Waals surface area contributed by atoms with Crippen LogP contribution in [0, 0.1) is 0 Å². The van der Waals surface area contributed by atoms with Crippen molar-refractivity contribution in [2.75, 3.05) is 13.2 Å². The van der Waals surface area contributed by atoms with Crippen LogP contribution in [0.4, 0.5) is 0 Å². The van der Waals surface area contributed by atoms with E-state index in [0.29, 0.717) is 19.3 Å². The third kappa shape index (κ3) is 49.0. The Morgan fingerprint density at radius 2 is 0.619 bits per heavy atom. The molecule has 0 aliphatic rings. The van der Waals surface area contributed by atoms with Gasteiger partial charge in [-0.05, 0) is 57.8 Å². The molecule has 0 aromatic rings. The maximum absolute atomic E-state index is 12.8. The number of hydrogen-bond acceptors (Lipinski definition) is 6. The maximum atomic E-state index is 12.8. The second-order valence-corrected chi connectivity index (χ2v) is 16.5. The Morgan fingerprint density at radius 1 is 0.333 bits per heavy atom. The topological polar surface area (TPSA) is 78.9 Å². The third-order valence-corrected chi connectivity index (χ3v) is 10.5. The summed E-state index contributed by atoms with van der Waals surface area (Å²) in [4.78, 5) is 38.0. The average molecular weight is 873 g/mol. The molecule has 0 heterocycles. The standard InChI is InChI=1S/C57H92O6/c1-4-7-10-13-16-19-22-25-27-28-30-32-35-38-41-44-47-50-56(59)62-53-54(52-61-55(58)49-46-43-40-37-34-31-24-21-18-15-12-9-6-3)63-57(60)51-48-45-42-39-36-33-29-26-23-20-17-14-11-8-5-2/h7,9-10,12-13,15-16,18-19,21-22,24-25,27-28,30,32,35,54H,4-6,8,11,14,17,20,23,26,29,31,33-34,36-53H2,1-3H3/b10-7+,12-9+,16-13+,18-15+,22-19+,24-21+,27-25+,30-28+,35-32+. The van der Waals surface area contributed by atoms with Crippen LogP contribution in [0.15, 0.2) is 109 Å². The second-order valence-electron chi connectivity index (χ2n) is 16.5. The average Bonchev–Trinajstić information content (AvgIpc) is 3.28. The van der Waals surface area contributed by atoms with Crippen molar-refractivity contribution >= 4 is 17.9 Å². The molecule has 0 fully saturated rings. The Kier molecular flexibility index (Phi) is 47.5. The first-order valence-corrected chi connectivity index (χ1v) is 25.5. The smallest absolute Gasteiger partial charge is 0.306 e. The van der Waals surface area contributed by atoms with E-state index in [0.717, 1.165) is 96.3 Å². The fourth-order valence-electron chi connectivity index (χ4n) is 6.71. The van der Waals surface area contributed by atoms with E-state index >= 15 is 0 Å². The normalized spacial score (nSPS) is 13.0. The summed E-state index contributed by atoms with van der Waals surface area (Å²) in [5, 5.41) is 0. The molecule has 0 amide bonds. The highest BCUT2D eigenvalue weighted by atomic mass is 16.6. The Morgan fingerprint density at radius 3 is 0.984 bits per heavy atom. The second kappa shape index (κ2) is 50.7. The molecule has 0 aromatic carbocycles. The van der Waals surface area contributed by atoms with Crippen molar-refractivity contribution in [2.24, 2.45) is 0 Å². The largest absolute Gasteiger partial charge is 0.462 e. The Labute approximate surface area is 387 Å². The van der Waals surface area contributed by atoms with Crippen molar-refractivity contribution in [3.05, 3.63) is 109 Å². The van der Waals surface area contributed by atoms with Gasteiger partial charge in [-0.1, -0.05) is 246 Å². The van der Waals surface area contributed by atoms with Gasteiger partial charge in [0.15, 0.2) is 6.10 Å². The lowest BCUT2D eigenvalue weighted by Crippen LogP contribution is -2.30. The van der Waals surface area contributed by atoms with Gasteiger partial charge in [0, 0.05) is 19.3 Å². The van der Waals surface area contributed by atoms with E-state index in [1.54, 1.807) is 0 Å². The molecule has 63 heavy (non-hydrogen) atoms. The van der Waals surface area contributed by atoms with E-state index in [4.69, 9.17) is 14.2 Å². The van der Waals surface area contributed by atoms with E-state index in [9.17, 15) is 14.4 Å². The van der Waals surface area contributed by atoms with Crippen LogP contribution in [0.1, 0.15) is 213 Å². The molecule has 0 bridgehead atoms. The summed E-state index contributed by atoms with van der Waals surface area (Å²) in [5.74, 6) is -0.970. The Bertz CT molecular complexity index is 1330. The predicted molar refractivity (Wildman–Crippen MR) is 270 cm³/mol. The van der Waals surface area contributed by atoms with Gasteiger partial charge in [0.25, 0.3) is 0 Å². The number of unbranched alkanes of at least 4 members (excludes halogenated alkanes) is 22. The van der Waals surface area contributed by atoms with Gasteiger partial charge < -0.3 is 14.2 Å². The molecule has 0 N–H and O–H groups in total. The van der Waals surface area contributed by atoms with Gasteiger partial charge in [-0.25, -0.2) is 0 Å². The van der Waals surface area contributed by atoms with Crippen LogP contribution in [0.25, 0.3) is 0 Å². The molecule has 6 nitrogen and oxygen atoms in total. The van der Waals surface area contributed by atoms with E-state index in [-0.39, 0.29) is 31.1 Å². The van der Waals surface area contributed by atoms with E-state index in [1.807, 2.05) is 60.8 Å². The molecule has 0 aliphatic carbocycles. The molecule has 0 radical (unpaired) electrons. The molecule has 6 heteroatoms. The van der Waals surface area contributed by atoms with Crippen molar-refractivity contribution in [3.63, 3.8) is 0 Å². The summed E-state index contributed by atoms with van der Waals surface area (Å²) in [6.45, 7) is 6.30. The molecule has 0 saturated heterocycles. The SMILES string of the molecule is CC/C=C/C=C/C=C/C=C/C=C/C=C/CCCCCC(=O)OCC(COC(=O)CCCCCCC/C=C/C=C/C=C/CC)OC(=O)CCCCCCCCCCCCCCCCC. The lowest BCUT2D eigenvalue weighted by atomic mass is 10.0. The van der Waals surface area contributed by atoms with Crippen molar-refractivity contribution in [2.45, 2.75) is 219 Å². The van der Waals surface area contributed by atoms with Crippen LogP contribution in [0.2, 0.25) is 0 Å². The lowest BCUT2D eigenvalue weighted by molar-refractivity contribution is -0.167. The van der Waals surface area contributed by atoms with Gasteiger partial charge in [-0.2, -0.15) is 0 Å². The Hall–Kier alpha value is -3.93. The van der Waals surface area contributed by atoms with Gasteiger partial charge in [0.2, 0.25) is 0 Å². The number of ether oxygens (including phenoxy) is 3. The van der Waals surface area contributed by atoms with Crippen molar-refractivity contribution < 1.29 is 28.6 Å². The van der Waals surface area contributed by atoms with Gasteiger partial charge in [-0.3, -0.25) is 14.4 Å². The van der Waals surface area contributed by atoms with Crippen LogP contribution in [-0.2, 0) is 28.6 Å². The summed E-state index contributed by atoms with van der Waals surface area (Å²) in [6.07, 6.45) is 67.8. The zero-order valence-electron chi connectivity index (χ0n) is 40.5. The van der Waals surface area contributed by atoms with Crippen LogP contribution >= 0.6 is 0 Å². The molecule has 0 spiro atoms. The summed E-state index contributed by atoms with van der Waals surface area (Å²) in [7, 11) is 0. The molecule has 0 aromatic heterocycles. The zero-order valence-corrected chi connectivity index (χ0v) is 40.5. The van der Waals surface area contributed by atoms with E-state index in [2.05, 4.69) is 69.4 Å². The first-order chi connectivity index (χ1) is 31.0. The quantitative estimate of drug-likeness (QED) is 0.0263. The van der Waals surface area contributed by atoms with Crippen molar-refractivity contribution in [1.29, 1.82) is 0 Å². The molecule has 0 saturated carbocycles. The first kappa shape index (κ1) is 59.1. The van der Waals surface area contributed by atoms with Crippen molar-refractivity contribution in [3.8, 4) is 0 Å². The van der Waals surface area contributed by atoms with Crippen LogP contribution in [0.5, 0.6) is 0 Å². The van der Waals surface area contributed by atoms with Crippen molar-refractivity contribution in [1.82, 2.24) is 0 Å². The van der Waals surface area contributed by atoms with Gasteiger partial charge in [-0.15, -0.1) is 0 Å². The number of carbonyl (C=O) groups excluding carboxylic acids is 3. The summed E-state index contributed by atoms with van der Waals surface area (Å²) in [5.41, 5.74) is 0. The monoisotopic (exact) mass is 873 g/mol. The minimum Gasteiger partial charge on any atom is -0.462 e. The number of hydrogen-bond donors (Lipinski definition) is 0. The summed E-state index contributed by atoms with van der Waals surface area (Å²) < 4.78 is 16.7. The minimum absolute atomic E-state index is 0.104. The number of carbonyl (C=O) groups is 3. The summed E-state index contributed by atoms with van der Waals surface area (Å²) in [6, 6.07) is 0. The number of allylic oxidation sites excluding steroid dienone is 18. The highest BCUT2D eigenvalue weighted by Gasteiger charge is 2.19. The van der Waals surface area contributed by atoms with Gasteiger partial charge in [0.1, 0.15) is 13.2 Å². The van der Waals surface area contributed by atoms with E-state index in [1.165, 1.54) is 77.0 Å². The fraction of sp³-hybridized carbons (Fsp3) is 0.632. The highest BCUT2D eigenvalue weighted by Crippen LogP contribution is 2.15. The lowest BCUT2D eigenvalue weighted by Gasteiger charge is -2.18. The molecule has 0 rings (SSSR count). The summed E-state index contributed by atoms with van der Waals surface area (Å²) >= 11 is 0. The first-order valence-electron chi connectivity index (χ1n) is 25.5. The van der Waals surface area contributed by atoms with Gasteiger partial charge in [0.05, 0.1) is 0 Å². The number of esters is 3. The van der Waals surface area contributed by atoms with Crippen LogP contribution in [0.3, 0.4) is 0 Å². The molecule has 1 unspecified atom stereocenters. The zero-order chi connectivity index (χ0) is 45.8. The molecular weight excluding hydrogens is 781 g/mol. The van der Waals surface area contributed by atoms with E-state index < -0.39 is 6.10 Å². The minimum atomic E-state index is -0.804. The predicted octanol–water partition coefficient (Wildman–Crippen LogP) is 16.8. The van der Waals surface area contributed by atoms with Crippen LogP contribution < -0.4 is 0 Å². The molecule has 0 aliphatic heterocycles.